The van der Waals surface area contributed by atoms with Crippen LogP contribution < -0.4 is 4.90 Å². The Hall–Kier alpha value is -2.78. The molecule has 0 aromatic heterocycles. The molecule has 0 radical (unpaired) electrons. The quantitative estimate of drug-likeness (QED) is 0.653. The van der Waals surface area contributed by atoms with Crippen molar-refractivity contribution in [2.75, 3.05) is 31.6 Å². The monoisotopic (exact) mass is 460 g/mol. The van der Waals surface area contributed by atoms with Crippen LogP contribution in [0.5, 0.6) is 0 Å². The summed E-state index contributed by atoms with van der Waals surface area (Å²) in [5, 5.41) is 0. The van der Waals surface area contributed by atoms with Gasteiger partial charge < -0.3 is 9.64 Å². The summed E-state index contributed by atoms with van der Waals surface area (Å²) in [6.45, 7) is 1.09. The van der Waals surface area contributed by atoms with E-state index >= 15 is 0 Å². The lowest BCUT2D eigenvalue weighted by molar-refractivity contribution is 0.0599. The predicted molar refractivity (Wildman–Crippen MR) is 117 cm³/mol. The van der Waals surface area contributed by atoms with E-state index in [0.717, 1.165) is 31.4 Å². The van der Waals surface area contributed by atoms with Crippen LogP contribution >= 0.6 is 0 Å². The van der Waals surface area contributed by atoms with Crippen LogP contribution in [0.2, 0.25) is 0 Å². The van der Waals surface area contributed by atoms with Crippen molar-refractivity contribution in [3.8, 4) is 0 Å². The van der Waals surface area contributed by atoms with Gasteiger partial charge in [-0.3, -0.25) is 4.79 Å². The van der Waals surface area contributed by atoms with E-state index in [9.17, 15) is 22.4 Å². The van der Waals surface area contributed by atoms with Crippen molar-refractivity contribution in [1.29, 1.82) is 0 Å². The minimum atomic E-state index is -4.03. The summed E-state index contributed by atoms with van der Waals surface area (Å²) in [6, 6.07) is 8.52. The molecule has 0 atom stereocenters. The SMILES string of the molecule is COC(=O)c1cccc2c1CCCN2C(=O)c1ccc(F)c(S(=O)(=O)N2CCCCC2)c1. The minimum Gasteiger partial charge on any atom is -0.465 e. The lowest BCUT2D eigenvalue weighted by Gasteiger charge is -2.31. The highest BCUT2D eigenvalue weighted by Gasteiger charge is 2.31. The topological polar surface area (TPSA) is 84.0 Å². The smallest absolute Gasteiger partial charge is 0.338 e. The number of carbonyl (C=O) groups excluding carboxylic acids is 2. The van der Waals surface area contributed by atoms with Crippen LogP contribution in [-0.2, 0) is 21.2 Å². The zero-order valence-electron chi connectivity index (χ0n) is 17.8. The lowest BCUT2D eigenvalue weighted by Crippen LogP contribution is -2.37. The first-order valence-electron chi connectivity index (χ1n) is 10.7. The molecule has 1 amide bonds. The highest BCUT2D eigenvalue weighted by molar-refractivity contribution is 7.89. The van der Waals surface area contributed by atoms with E-state index in [1.165, 1.54) is 22.4 Å². The Bertz CT molecular complexity index is 1160. The number of sulfonamides is 1. The van der Waals surface area contributed by atoms with Gasteiger partial charge in [-0.15, -0.1) is 0 Å². The van der Waals surface area contributed by atoms with Gasteiger partial charge in [-0.1, -0.05) is 12.5 Å². The summed E-state index contributed by atoms with van der Waals surface area (Å²) in [4.78, 5) is 26.5. The van der Waals surface area contributed by atoms with Gasteiger partial charge in [0.1, 0.15) is 10.7 Å². The number of hydrogen-bond acceptors (Lipinski definition) is 5. The fourth-order valence-corrected chi connectivity index (χ4v) is 5.98. The van der Waals surface area contributed by atoms with Crippen molar-refractivity contribution in [2.45, 2.75) is 37.0 Å². The Morgan fingerprint density at radius 3 is 2.47 bits per heavy atom. The van der Waals surface area contributed by atoms with Crippen LogP contribution in [0, 0.1) is 5.82 Å². The van der Waals surface area contributed by atoms with Crippen LogP contribution in [0.3, 0.4) is 0 Å². The van der Waals surface area contributed by atoms with E-state index in [2.05, 4.69) is 0 Å². The van der Waals surface area contributed by atoms with Crippen molar-refractivity contribution in [3.05, 3.63) is 58.9 Å². The number of piperidine rings is 1. The molecule has 2 aliphatic rings. The van der Waals surface area contributed by atoms with Crippen LogP contribution in [0.25, 0.3) is 0 Å². The average molecular weight is 461 g/mol. The number of nitrogens with zero attached hydrogens (tertiary/aromatic N) is 2. The number of rotatable bonds is 4. The number of methoxy groups -OCH3 is 1. The molecule has 4 rings (SSSR count). The van der Waals surface area contributed by atoms with E-state index in [-0.39, 0.29) is 5.56 Å². The van der Waals surface area contributed by atoms with Gasteiger partial charge in [0, 0.05) is 30.9 Å². The van der Waals surface area contributed by atoms with Crippen LogP contribution in [0.15, 0.2) is 41.3 Å². The first-order valence-corrected chi connectivity index (χ1v) is 12.1. The number of carbonyl (C=O) groups is 2. The molecule has 0 saturated carbocycles. The van der Waals surface area contributed by atoms with Crippen molar-refractivity contribution < 1.29 is 27.1 Å². The Balaban J connectivity index is 1.70. The molecular weight excluding hydrogens is 435 g/mol. The van der Waals surface area contributed by atoms with Crippen LogP contribution in [-0.4, -0.2) is 51.3 Å². The average Bonchev–Trinajstić information content (AvgIpc) is 2.83. The molecule has 2 aromatic carbocycles. The van der Waals surface area contributed by atoms with E-state index in [0.29, 0.717) is 49.3 Å². The molecule has 0 spiro atoms. The molecule has 0 N–H and O–H groups in total. The Morgan fingerprint density at radius 2 is 1.75 bits per heavy atom. The summed E-state index contributed by atoms with van der Waals surface area (Å²) >= 11 is 0. The summed E-state index contributed by atoms with van der Waals surface area (Å²) < 4.78 is 46.7. The fraction of sp³-hybridized carbons (Fsp3) is 0.391. The number of halogens is 1. The van der Waals surface area contributed by atoms with Crippen molar-refractivity contribution in [1.82, 2.24) is 4.31 Å². The Labute approximate surface area is 186 Å². The molecule has 7 nitrogen and oxygen atoms in total. The van der Waals surface area contributed by atoms with E-state index < -0.39 is 32.6 Å². The highest BCUT2D eigenvalue weighted by Crippen LogP contribution is 2.32. The number of esters is 1. The van der Waals surface area contributed by atoms with Gasteiger partial charge in [0.2, 0.25) is 10.0 Å². The first kappa shape index (κ1) is 22.4. The van der Waals surface area contributed by atoms with Gasteiger partial charge >= 0.3 is 5.97 Å². The van der Waals surface area contributed by atoms with Crippen molar-refractivity contribution in [2.24, 2.45) is 0 Å². The summed E-state index contributed by atoms with van der Waals surface area (Å²) in [7, 11) is -2.73. The van der Waals surface area contributed by atoms with Crippen molar-refractivity contribution >= 4 is 27.6 Å². The number of hydrogen-bond donors (Lipinski definition) is 0. The zero-order valence-corrected chi connectivity index (χ0v) is 18.7. The second-order valence-corrected chi connectivity index (χ2v) is 9.87. The molecular formula is C23H25FN2O5S. The highest BCUT2D eigenvalue weighted by atomic mass is 32.2. The summed E-state index contributed by atoms with van der Waals surface area (Å²) in [5.74, 6) is -1.80. The van der Waals surface area contributed by atoms with Gasteiger partial charge in [0.15, 0.2) is 0 Å². The third-order valence-electron chi connectivity index (χ3n) is 6.01. The third-order valence-corrected chi connectivity index (χ3v) is 7.93. The summed E-state index contributed by atoms with van der Waals surface area (Å²) in [6.07, 6.45) is 3.64. The Morgan fingerprint density at radius 1 is 1.00 bits per heavy atom. The van der Waals surface area contributed by atoms with E-state index in [1.807, 2.05) is 0 Å². The molecule has 2 aromatic rings. The minimum absolute atomic E-state index is 0.0818. The fourth-order valence-electron chi connectivity index (χ4n) is 4.37. The maximum absolute atomic E-state index is 14.6. The molecule has 0 bridgehead atoms. The van der Waals surface area contributed by atoms with Crippen molar-refractivity contribution in [3.63, 3.8) is 0 Å². The number of fused-ring (bicyclic) bond motifs is 1. The number of anilines is 1. The maximum atomic E-state index is 14.6. The third kappa shape index (κ3) is 4.02. The molecule has 9 heteroatoms. The molecule has 0 unspecified atom stereocenters. The van der Waals surface area contributed by atoms with E-state index in [4.69, 9.17) is 4.74 Å². The molecule has 170 valence electrons. The Kier molecular flexibility index (Phi) is 6.30. The van der Waals surface area contributed by atoms with Gasteiger partial charge in [0.05, 0.1) is 12.7 Å². The molecule has 1 saturated heterocycles. The molecule has 0 aliphatic carbocycles. The largest absolute Gasteiger partial charge is 0.465 e. The maximum Gasteiger partial charge on any atom is 0.338 e. The number of benzene rings is 2. The second-order valence-electron chi connectivity index (χ2n) is 7.97. The molecule has 32 heavy (non-hydrogen) atoms. The van der Waals surface area contributed by atoms with E-state index in [1.54, 1.807) is 18.2 Å². The van der Waals surface area contributed by atoms with Crippen LogP contribution in [0.4, 0.5) is 10.1 Å². The zero-order chi connectivity index (χ0) is 22.9. The van der Waals surface area contributed by atoms with Gasteiger partial charge in [-0.2, -0.15) is 4.31 Å². The van der Waals surface area contributed by atoms with Gasteiger partial charge in [-0.05, 0) is 61.6 Å². The second kappa shape index (κ2) is 8.99. The first-order chi connectivity index (χ1) is 15.3. The summed E-state index contributed by atoms with van der Waals surface area (Å²) in [5.41, 5.74) is 1.77. The lowest BCUT2D eigenvalue weighted by atomic mass is 9.95. The number of amides is 1. The van der Waals surface area contributed by atoms with Gasteiger partial charge in [-0.25, -0.2) is 17.6 Å². The predicted octanol–water partition coefficient (Wildman–Crippen LogP) is 3.38. The normalized spacial score (nSPS) is 17.0. The standard InChI is InChI=1S/C23H25FN2O5S/c1-31-23(28)18-7-5-9-20-17(18)8-6-14-26(20)22(27)16-10-11-19(24)21(15-16)32(29,30)25-12-3-2-4-13-25/h5,7,9-11,15H,2-4,6,8,12-14H2,1H3. The molecule has 2 aliphatic heterocycles. The molecule has 1 fully saturated rings. The molecule has 2 heterocycles. The number of ether oxygens (including phenoxy) is 1. The van der Waals surface area contributed by atoms with Crippen LogP contribution in [0.1, 0.15) is 52.0 Å². The van der Waals surface area contributed by atoms with Gasteiger partial charge in [0.25, 0.3) is 5.91 Å².